The van der Waals surface area contributed by atoms with Crippen LogP contribution in [0.25, 0.3) is 0 Å². The summed E-state index contributed by atoms with van der Waals surface area (Å²) in [5.41, 5.74) is 6.29. The van der Waals surface area contributed by atoms with Crippen molar-refractivity contribution in [3.8, 4) is 0 Å². The maximum Gasteiger partial charge on any atom is 0.0590 e. The minimum absolute atomic E-state index is 0.165. The SMILES string of the molecule is CCC1CC(CN)(N(C)CCN2CCCC2)CCO1. The molecule has 2 N–H and O–H groups in total. The lowest BCUT2D eigenvalue weighted by atomic mass is 9.84. The zero-order valence-corrected chi connectivity index (χ0v) is 12.7. The third kappa shape index (κ3) is 3.69. The van der Waals surface area contributed by atoms with Crippen LogP contribution in [0.15, 0.2) is 0 Å². The van der Waals surface area contributed by atoms with E-state index in [9.17, 15) is 0 Å². The molecule has 0 radical (unpaired) electrons. The summed E-state index contributed by atoms with van der Waals surface area (Å²) in [6, 6.07) is 0. The molecule has 4 nitrogen and oxygen atoms in total. The van der Waals surface area contributed by atoms with Gasteiger partial charge in [-0.15, -0.1) is 0 Å². The van der Waals surface area contributed by atoms with Crippen LogP contribution in [0.4, 0.5) is 0 Å². The lowest BCUT2D eigenvalue weighted by Crippen LogP contribution is -2.58. The van der Waals surface area contributed by atoms with Gasteiger partial charge in [0.25, 0.3) is 0 Å². The number of likely N-dealkylation sites (N-methyl/N-ethyl adjacent to an activating group) is 1. The Morgan fingerprint density at radius 3 is 2.74 bits per heavy atom. The third-order valence-electron chi connectivity index (χ3n) is 5.12. The molecule has 112 valence electrons. The van der Waals surface area contributed by atoms with E-state index in [1.54, 1.807) is 0 Å². The number of likely N-dealkylation sites (tertiary alicyclic amines) is 1. The van der Waals surface area contributed by atoms with Crippen LogP contribution < -0.4 is 5.73 Å². The minimum Gasteiger partial charge on any atom is -0.378 e. The van der Waals surface area contributed by atoms with Gasteiger partial charge in [0.1, 0.15) is 0 Å². The van der Waals surface area contributed by atoms with Gasteiger partial charge in [0.05, 0.1) is 6.10 Å². The van der Waals surface area contributed by atoms with E-state index in [0.29, 0.717) is 6.10 Å². The number of hydrogen-bond acceptors (Lipinski definition) is 4. The molecule has 0 spiro atoms. The molecule has 2 aliphatic heterocycles. The molecule has 0 amide bonds. The first-order valence-electron chi connectivity index (χ1n) is 7.95. The topological polar surface area (TPSA) is 41.7 Å². The Kier molecular flexibility index (Phi) is 5.63. The van der Waals surface area contributed by atoms with Crippen molar-refractivity contribution in [2.75, 3.05) is 46.4 Å². The smallest absolute Gasteiger partial charge is 0.0590 e. The van der Waals surface area contributed by atoms with Crippen molar-refractivity contribution in [1.82, 2.24) is 9.80 Å². The molecule has 2 unspecified atom stereocenters. The fourth-order valence-electron chi connectivity index (χ4n) is 3.49. The van der Waals surface area contributed by atoms with E-state index in [-0.39, 0.29) is 5.54 Å². The summed E-state index contributed by atoms with van der Waals surface area (Å²) in [4.78, 5) is 5.09. The summed E-state index contributed by atoms with van der Waals surface area (Å²) in [6.07, 6.45) is 6.41. The molecule has 4 heteroatoms. The highest BCUT2D eigenvalue weighted by Gasteiger charge is 2.38. The van der Waals surface area contributed by atoms with Crippen molar-refractivity contribution in [3.05, 3.63) is 0 Å². The van der Waals surface area contributed by atoms with Crippen molar-refractivity contribution in [3.63, 3.8) is 0 Å². The van der Waals surface area contributed by atoms with E-state index >= 15 is 0 Å². The Hall–Kier alpha value is -0.160. The summed E-state index contributed by atoms with van der Waals surface area (Å²) < 4.78 is 5.82. The first kappa shape index (κ1) is 15.2. The zero-order valence-electron chi connectivity index (χ0n) is 12.7. The number of nitrogens with zero attached hydrogens (tertiary/aromatic N) is 2. The third-order valence-corrected chi connectivity index (χ3v) is 5.12. The number of hydrogen-bond donors (Lipinski definition) is 1. The van der Waals surface area contributed by atoms with Crippen LogP contribution in [0.1, 0.15) is 39.0 Å². The van der Waals surface area contributed by atoms with E-state index in [1.165, 1.54) is 32.5 Å². The predicted molar refractivity (Wildman–Crippen MR) is 79.4 cm³/mol. The molecule has 0 aromatic rings. The number of rotatable bonds is 6. The van der Waals surface area contributed by atoms with E-state index in [1.807, 2.05) is 0 Å². The molecule has 0 bridgehead atoms. The predicted octanol–water partition coefficient (Wildman–Crippen LogP) is 1.30. The first-order chi connectivity index (χ1) is 9.20. The second-order valence-corrected chi connectivity index (χ2v) is 6.25. The van der Waals surface area contributed by atoms with Crippen molar-refractivity contribution in [2.24, 2.45) is 5.73 Å². The average molecular weight is 269 g/mol. The molecule has 19 heavy (non-hydrogen) atoms. The maximum absolute atomic E-state index is 6.13. The summed E-state index contributed by atoms with van der Waals surface area (Å²) in [5.74, 6) is 0. The monoisotopic (exact) mass is 269 g/mol. The lowest BCUT2D eigenvalue weighted by molar-refractivity contribution is -0.0659. The maximum atomic E-state index is 6.13. The molecule has 0 aromatic heterocycles. The minimum atomic E-state index is 0.165. The van der Waals surface area contributed by atoms with Gasteiger partial charge in [-0.05, 0) is 52.2 Å². The van der Waals surface area contributed by atoms with Crippen molar-refractivity contribution in [2.45, 2.75) is 50.7 Å². The first-order valence-corrected chi connectivity index (χ1v) is 7.95. The van der Waals surface area contributed by atoms with Crippen molar-refractivity contribution < 1.29 is 4.74 Å². The van der Waals surface area contributed by atoms with Crippen LogP contribution in [0.5, 0.6) is 0 Å². The summed E-state index contributed by atoms with van der Waals surface area (Å²) in [5, 5.41) is 0. The standard InChI is InChI=1S/C15H31N3O/c1-3-14-12-15(13-16,6-11-19-14)17(2)9-10-18-7-4-5-8-18/h14H,3-13,16H2,1-2H3. The lowest BCUT2D eigenvalue weighted by Gasteiger charge is -2.46. The van der Waals surface area contributed by atoms with Crippen molar-refractivity contribution >= 4 is 0 Å². The Morgan fingerprint density at radius 2 is 2.11 bits per heavy atom. The Bertz CT molecular complexity index is 268. The molecule has 0 aromatic carbocycles. The van der Waals surface area contributed by atoms with Crippen LogP contribution in [0.2, 0.25) is 0 Å². The molecule has 2 rings (SSSR count). The van der Waals surface area contributed by atoms with Crippen LogP contribution >= 0.6 is 0 Å². The van der Waals surface area contributed by atoms with Crippen molar-refractivity contribution in [1.29, 1.82) is 0 Å². The Balaban J connectivity index is 1.87. The summed E-state index contributed by atoms with van der Waals surface area (Å²) >= 11 is 0. The van der Waals surface area contributed by atoms with Crippen LogP contribution in [0.3, 0.4) is 0 Å². The van der Waals surface area contributed by atoms with Gasteiger partial charge >= 0.3 is 0 Å². The van der Waals surface area contributed by atoms with E-state index in [4.69, 9.17) is 10.5 Å². The van der Waals surface area contributed by atoms with E-state index in [0.717, 1.165) is 39.0 Å². The van der Waals surface area contributed by atoms with Crippen LogP contribution in [0, 0.1) is 0 Å². The molecule has 2 saturated heterocycles. The fraction of sp³-hybridized carbons (Fsp3) is 1.00. The van der Waals surface area contributed by atoms with Gasteiger partial charge in [-0.3, -0.25) is 4.90 Å². The number of ether oxygens (including phenoxy) is 1. The molecule has 2 fully saturated rings. The molecule has 2 atom stereocenters. The van der Waals surface area contributed by atoms with Gasteiger partial charge < -0.3 is 15.4 Å². The molecular weight excluding hydrogens is 238 g/mol. The van der Waals surface area contributed by atoms with Crippen LogP contribution in [-0.4, -0.2) is 67.8 Å². The molecule has 0 aliphatic carbocycles. The second kappa shape index (κ2) is 7.02. The Labute approximate surface area is 118 Å². The quantitative estimate of drug-likeness (QED) is 0.789. The van der Waals surface area contributed by atoms with Gasteiger partial charge in [-0.1, -0.05) is 6.92 Å². The summed E-state index contributed by atoms with van der Waals surface area (Å²) in [6.45, 7) is 8.71. The van der Waals surface area contributed by atoms with Gasteiger partial charge in [0.2, 0.25) is 0 Å². The summed E-state index contributed by atoms with van der Waals surface area (Å²) in [7, 11) is 2.25. The second-order valence-electron chi connectivity index (χ2n) is 6.25. The highest BCUT2D eigenvalue weighted by molar-refractivity contribution is 4.95. The van der Waals surface area contributed by atoms with Gasteiger partial charge in [0.15, 0.2) is 0 Å². The normalized spacial score (nSPS) is 33.2. The largest absolute Gasteiger partial charge is 0.378 e. The van der Waals surface area contributed by atoms with E-state index in [2.05, 4.69) is 23.8 Å². The number of nitrogens with two attached hydrogens (primary N) is 1. The highest BCUT2D eigenvalue weighted by Crippen LogP contribution is 2.30. The Morgan fingerprint density at radius 1 is 1.37 bits per heavy atom. The van der Waals surface area contributed by atoms with Gasteiger partial charge in [0, 0.05) is 31.8 Å². The van der Waals surface area contributed by atoms with Crippen LogP contribution in [-0.2, 0) is 4.74 Å². The zero-order chi connectivity index (χ0) is 13.7. The fourth-order valence-corrected chi connectivity index (χ4v) is 3.49. The van der Waals surface area contributed by atoms with E-state index < -0.39 is 0 Å². The molecule has 2 aliphatic rings. The van der Waals surface area contributed by atoms with Gasteiger partial charge in [-0.2, -0.15) is 0 Å². The molecule has 0 saturated carbocycles. The molecular formula is C15H31N3O. The molecule has 2 heterocycles. The average Bonchev–Trinajstić information content (AvgIpc) is 2.97. The highest BCUT2D eigenvalue weighted by atomic mass is 16.5. The van der Waals surface area contributed by atoms with Gasteiger partial charge in [-0.25, -0.2) is 0 Å².